The van der Waals surface area contributed by atoms with E-state index in [0.29, 0.717) is 16.8 Å². The van der Waals surface area contributed by atoms with Gasteiger partial charge in [-0.25, -0.2) is 9.18 Å². The van der Waals surface area contributed by atoms with Crippen LogP contribution in [0.3, 0.4) is 0 Å². The van der Waals surface area contributed by atoms with E-state index in [2.05, 4.69) is 0 Å². The Morgan fingerprint density at radius 3 is 2.11 bits per heavy atom. The Hall–Kier alpha value is -3.30. The summed E-state index contributed by atoms with van der Waals surface area (Å²) in [5.74, 6) is -0.376. The number of aliphatic carboxylic acids is 1. The number of carboxylic acid groups (broad SMARTS) is 1. The molecule has 2 aromatic carbocycles. The van der Waals surface area contributed by atoms with Crippen LogP contribution in [0.2, 0.25) is 0 Å². The van der Waals surface area contributed by atoms with Crippen molar-refractivity contribution in [1.29, 1.82) is 0 Å². The molecule has 1 heterocycles. The molecule has 0 saturated carbocycles. The van der Waals surface area contributed by atoms with E-state index in [0.717, 1.165) is 18.1 Å². The summed E-state index contributed by atoms with van der Waals surface area (Å²) in [7, 11) is -4.04. The largest absolute Gasteiger partial charge is 0.480 e. The molecule has 3 rings (SSSR count). The number of hydrogen-bond donors (Lipinski definition) is 3. The molecule has 0 amide bonds. The lowest BCUT2D eigenvalue weighted by Crippen LogP contribution is -2.53. The molecule has 3 unspecified atom stereocenters. The molecule has 36 heavy (non-hydrogen) atoms. The zero-order valence-electron chi connectivity index (χ0n) is 20.8. The van der Waals surface area contributed by atoms with Gasteiger partial charge < -0.3 is 15.1 Å². The zero-order valence-corrected chi connectivity index (χ0v) is 21.8. The van der Waals surface area contributed by atoms with Crippen molar-refractivity contribution in [3.05, 3.63) is 77.2 Å². The smallest absolute Gasteiger partial charge is 0.335 e. The summed E-state index contributed by atoms with van der Waals surface area (Å²) in [5, 5.41) is 19.1. The molecule has 188 valence electrons. The number of benzene rings is 2. The summed E-state index contributed by atoms with van der Waals surface area (Å²) >= 11 is 0. The summed E-state index contributed by atoms with van der Waals surface area (Å²) in [6, 6.07) is 14.6. The van der Waals surface area contributed by atoms with Gasteiger partial charge in [-0.3, -0.25) is 9.55 Å². The van der Waals surface area contributed by atoms with Crippen molar-refractivity contribution in [3.63, 3.8) is 0 Å². The van der Waals surface area contributed by atoms with Crippen molar-refractivity contribution >= 4 is 14.0 Å². The number of hydrogen-bond acceptors (Lipinski definition) is 4. The maximum Gasteiger partial charge on any atom is 0.335 e. The molecule has 0 spiro atoms. The quantitative estimate of drug-likeness (QED) is 0.308. The van der Waals surface area contributed by atoms with Gasteiger partial charge in [0, 0.05) is 16.5 Å². The third-order valence-corrected chi connectivity index (χ3v) is 7.87. The number of carboxylic acids is 1. The molecule has 0 bridgehead atoms. The summed E-state index contributed by atoms with van der Waals surface area (Å²) in [6.07, 6.45) is 5.55. The van der Waals surface area contributed by atoms with E-state index in [1.54, 1.807) is 6.07 Å². The van der Waals surface area contributed by atoms with Crippen LogP contribution in [0.4, 0.5) is 4.39 Å². The van der Waals surface area contributed by atoms with E-state index < -0.39 is 36.0 Å². The lowest BCUT2D eigenvalue weighted by atomic mass is 9.73. The highest BCUT2D eigenvalue weighted by Crippen LogP contribution is 2.53. The van der Waals surface area contributed by atoms with Gasteiger partial charge in [0.1, 0.15) is 11.4 Å². The van der Waals surface area contributed by atoms with Gasteiger partial charge >= 0.3 is 5.97 Å². The third-order valence-electron chi connectivity index (χ3n) is 6.38. The summed E-state index contributed by atoms with van der Waals surface area (Å²) in [6.45, 7) is 8.51. The molecule has 0 aliphatic rings. The van der Waals surface area contributed by atoms with E-state index in [1.165, 1.54) is 24.3 Å². The molecule has 3 atom stereocenters. The van der Waals surface area contributed by atoms with Gasteiger partial charge in [-0.15, -0.1) is 6.42 Å². The highest BCUT2D eigenvalue weighted by molar-refractivity contribution is 7.42. The van der Waals surface area contributed by atoms with Gasteiger partial charge in [-0.05, 0) is 48.7 Å². The van der Waals surface area contributed by atoms with Gasteiger partial charge in [0.15, 0.2) is 0 Å². The van der Waals surface area contributed by atoms with Crippen LogP contribution < -0.4 is 0 Å². The normalized spacial score (nSPS) is 15.9. The first-order chi connectivity index (χ1) is 16.7. The number of rotatable bonds is 6. The fraction of sp³-hybridized carbons (Fsp3) is 0.286. The Balaban J connectivity index is 2.59. The second-order valence-electron chi connectivity index (χ2n) is 9.93. The second kappa shape index (κ2) is 9.63. The van der Waals surface area contributed by atoms with E-state index in [1.807, 2.05) is 57.9 Å². The first-order valence-electron chi connectivity index (χ1n) is 11.2. The van der Waals surface area contributed by atoms with Crippen molar-refractivity contribution in [1.82, 2.24) is 4.98 Å². The number of aliphatic hydroxyl groups is 1. The average molecular weight is 510 g/mol. The molecule has 1 aromatic heterocycles. The average Bonchev–Trinajstić information content (AvgIpc) is 2.78. The number of aryl methyl sites for hydroxylation is 1. The van der Waals surface area contributed by atoms with E-state index in [4.69, 9.17) is 11.4 Å². The Morgan fingerprint density at radius 1 is 1.06 bits per heavy atom. The summed E-state index contributed by atoms with van der Waals surface area (Å²) in [5.41, 5.74) is 0.0103. The lowest BCUT2D eigenvalue weighted by Gasteiger charge is -2.40. The minimum atomic E-state index is -4.04. The minimum Gasteiger partial charge on any atom is -0.480 e. The molecule has 6 nitrogen and oxygen atoms in total. The fourth-order valence-corrected chi connectivity index (χ4v) is 5.24. The highest BCUT2D eigenvalue weighted by atomic mass is 31.1. The van der Waals surface area contributed by atoms with Crippen LogP contribution in [0.15, 0.2) is 54.6 Å². The molecular formula is C28H29FNO5P. The maximum absolute atomic E-state index is 13.8. The van der Waals surface area contributed by atoms with Crippen molar-refractivity contribution in [2.75, 3.05) is 0 Å². The van der Waals surface area contributed by atoms with Crippen LogP contribution in [0, 0.1) is 25.1 Å². The molecular weight excluding hydrogens is 480 g/mol. The summed E-state index contributed by atoms with van der Waals surface area (Å²) in [4.78, 5) is 27.4. The Morgan fingerprint density at radius 2 is 1.64 bits per heavy atom. The predicted molar refractivity (Wildman–Crippen MR) is 138 cm³/mol. The Kier molecular flexibility index (Phi) is 7.30. The number of carbonyl (C=O) groups is 1. The maximum atomic E-state index is 13.8. The highest BCUT2D eigenvalue weighted by Gasteiger charge is 2.60. The van der Waals surface area contributed by atoms with Crippen molar-refractivity contribution in [2.45, 2.75) is 50.8 Å². The van der Waals surface area contributed by atoms with Crippen LogP contribution in [0.1, 0.15) is 44.5 Å². The zero-order chi connectivity index (χ0) is 27.1. The van der Waals surface area contributed by atoms with Crippen molar-refractivity contribution in [2.24, 2.45) is 0 Å². The molecule has 8 heteroatoms. The Labute approximate surface area is 210 Å². The predicted octanol–water partition coefficient (Wildman–Crippen LogP) is 5.29. The third kappa shape index (κ3) is 4.49. The summed E-state index contributed by atoms with van der Waals surface area (Å²) < 4.78 is 26.4. The van der Waals surface area contributed by atoms with Crippen LogP contribution in [0.25, 0.3) is 22.4 Å². The monoisotopic (exact) mass is 509 g/mol. The van der Waals surface area contributed by atoms with Gasteiger partial charge in [0.25, 0.3) is 0 Å². The lowest BCUT2D eigenvalue weighted by molar-refractivity contribution is -0.145. The van der Waals surface area contributed by atoms with E-state index in [-0.39, 0.29) is 11.3 Å². The van der Waals surface area contributed by atoms with Gasteiger partial charge in [-0.2, -0.15) is 0 Å². The van der Waals surface area contributed by atoms with Crippen LogP contribution in [0.5, 0.6) is 0 Å². The molecule has 0 radical (unpaired) electrons. The van der Waals surface area contributed by atoms with E-state index >= 15 is 0 Å². The topological polar surface area (TPSA) is 108 Å². The number of halogens is 1. The number of terminal acetylenes is 1. The van der Waals surface area contributed by atoms with Crippen LogP contribution >= 0.6 is 8.03 Å². The molecule has 3 N–H and O–H groups in total. The minimum absolute atomic E-state index is 0.00769. The fourth-order valence-electron chi connectivity index (χ4n) is 4.40. The van der Waals surface area contributed by atoms with Crippen LogP contribution in [-0.4, -0.2) is 31.2 Å². The van der Waals surface area contributed by atoms with Gasteiger partial charge in [0.2, 0.25) is 13.2 Å². The first-order valence-corrected chi connectivity index (χ1v) is 12.6. The molecule has 0 saturated heterocycles. The molecule has 0 aliphatic carbocycles. The van der Waals surface area contributed by atoms with Crippen LogP contribution in [-0.2, 0) is 20.4 Å². The number of nitrogens with zero attached hydrogens (tertiary/aromatic N) is 1. The second-order valence-corrected chi connectivity index (χ2v) is 11.3. The molecule has 3 aromatic rings. The van der Waals surface area contributed by atoms with Gasteiger partial charge in [0.05, 0.1) is 11.4 Å². The van der Waals surface area contributed by atoms with E-state index in [9.17, 15) is 28.9 Å². The number of aromatic nitrogens is 1. The Bertz CT molecular complexity index is 1370. The molecule has 0 aliphatic heterocycles. The van der Waals surface area contributed by atoms with Crippen molar-refractivity contribution < 1.29 is 28.9 Å². The standard InChI is InChI=1S/C28H29FNO5P/c1-7-28(25(31)32,36(34)35)27(6,33)23-21(18-12-14-19(29)15-13-18)16-22(30-24(23)26(3,4)5)20-11-9-8-10-17(20)2/h1,8-16,33,36H,2-6H3,(H,31,32)(H,34,35). The first kappa shape index (κ1) is 27.3. The molecule has 0 fully saturated rings. The van der Waals surface area contributed by atoms with Gasteiger partial charge in [-0.1, -0.05) is 63.1 Å². The van der Waals surface area contributed by atoms with Crippen molar-refractivity contribution in [3.8, 4) is 34.7 Å². The SMILES string of the molecule is C#CC(C(=O)O)([PH](=O)O)C(C)(O)c1c(-c2ccc(F)cc2)cc(-c2ccccc2C)nc1C(C)(C)C. The number of pyridine rings is 1.